The number of anilines is 1. The Kier molecular flexibility index (Phi) is 5.69. The van der Waals surface area contributed by atoms with E-state index in [1.807, 2.05) is 25.1 Å². The number of hydrogen-bond donors (Lipinski definition) is 3. The number of aryl methyl sites for hydroxylation is 1. The molecule has 8 nitrogen and oxygen atoms in total. The van der Waals surface area contributed by atoms with E-state index in [0.29, 0.717) is 31.5 Å². The van der Waals surface area contributed by atoms with E-state index in [9.17, 15) is 14.4 Å². The van der Waals surface area contributed by atoms with E-state index >= 15 is 0 Å². The number of amides is 3. The fourth-order valence-electron chi connectivity index (χ4n) is 4.53. The third kappa shape index (κ3) is 4.14. The summed E-state index contributed by atoms with van der Waals surface area (Å²) in [5.74, 6) is -0.374. The molecule has 0 bridgehead atoms. The van der Waals surface area contributed by atoms with Crippen LogP contribution in [-0.4, -0.2) is 60.1 Å². The number of ether oxygens (including phenoxy) is 1. The van der Waals surface area contributed by atoms with Crippen LogP contribution in [0.4, 0.5) is 5.69 Å². The highest BCUT2D eigenvalue weighted by Crippen LogP contribution is 2.32. The first-order valence-electron chi connectivity index (χ1n) is 10.8. The summed E-state index contributed by atoms with van der Waals surface area (Å²) in [6.07, 6.45) is 3.30. The summed E-state index contributed by atoms with van der Waals surface area (Å²) < 4.78 is 5.55. The average molecular weight is 415 g/mol. The van der Waals surface area contributed by atoms with Gasteiger partial charge in [-0.3, -0.25) is 14.4 Å². The van der Waals surface area contributed by atoms with Gasteiger partial charge < -0.3 is 25.6 Å². The van der Waals surface area contributed by atoms with Crippen molar-refractivity contribution in [2.45, 2.75) is 63.8 Å². The Bertz CT molecular complexity index is 852. The van der Waals surface area contributed by atoms with Gasteiger partial charge in [0.2, 0.25) is 11.8 Å². The molecule has 3 aliphatic rings. The lowest BCUT2D eigenvalue weighted by Gasteiger charge is -2.40. The van der Waals surface area contributed by atoms with Gasteiger partial charge in [0, 0.05) is 38.2 Å². The standard InChI is InChI=1S/C22H30N4O4/c1-14-5-6-17-18(12-14)24-22(25-21(17)29)8-7-19(27)26(10-9-22)15(2)20(28)23-13-16-4-3-11-30-16/h5-6,12,15-16,24H,3-4,7-11,13H2,1-2H3,(H,23,28)(H,25,29)/t15-,16+,22+/m1/s1. The quantitative estimate of drug-likeness (QED) is 0.694. The third-order valence-corrected chi connectivity index (χ3v) is 6.39. The lowest BCUT2D eigenvalue weighted by Crippen LogP contribution is -2.58. The molecule has 3 atom stereocenters. The fraction of sp³-hybridized carbons (Fsp3) is 0.591. The molecule has 0 radical (unpaired) electrons. The number of carbonyl (C=O) groups is 3. The summed E-state index contributed by atoms with van der Waals surface area (Å²) in [6.45, 7) is 5.34. The van der Waals surface area contributed by atoms with Crippen molar-refractivity contribution in [2.75, 3.05) is 25.0 Å². The molecular formula is C22H30N4O4. The Morgan fingerprint density at radius 3 is 2.93 bits per heavy atom. The number of likely N-dealkylation sites (tertiary alicyclic amines) is 1. The minimum absolute atomic E-state index is 0.0643. The molecule has 0 unspecified atom stereocenters. The predicted octanol–water partition coefficient (Wildman–Crippen LogP) is 1.54. The van der Waals surface area contributed by atoms with Crippen LogP contribution in [0.25, 0.3) is 0 Å². The van der Waals surface area contributed by atoms with Gasteiger partial charge in [-0.1, -0.05) is 6.07 Å². The lowest BCUT2D eigenvalue weighted by molar-refractivity contribution is -0.139. The molecular weight excluding hydrogens is 384 g/mol. The van der Waals surface area contributed by atoms with Gasteiger partial charge in [0.05, 0.1) is 11.7 Å². The maximum atomic E-state index is 12.8. The second kappa shape index (κ2) is 8.26. The van der Waals surface area contributed by atoms with Crippen molar-refractivity contribution < 1.29 is 19.1 Å². The minimum atomic E-state index is -0.684. The van der Waals surface area contributed by atoms with Crippen molar-refractivity contribution in [1.29, 1.82) is 0 Å². The Labute approximate surface area is 176 Å². The van der Waals surface area contributed by atoms with E-state index in [1.165, 1.54) is 0 Å². The van der Waals surface area contributed by atoms with Crippen LogP contribution in [-0.2, 0) is 14.3 Å². The van der Waals surface area contributed by atoms with Crippen molar-refractivity contribution in [1.82, 2.24) is 15.5 Å². The molecule has 1 aromatic rings. The molecule has 0 aromatic heterocycles. The van der Waals surface area contributed by atoms with Crippen LogP contribution < -0.4 is 16.0 Å². The summed E-state index contributed by atoms with van der Waals surface area (Å²) in [6, 6.07) is 5.12. The van der Waals surface area contributed by atoms with Crippen molar-refractivity contribution >= 4 is 23.4 Å². The highest BCUT2D eigenvalue weighted by atomic mass is 16.5. The summed E-state index contributed by atoms with van der Waals surface area (Å²) in [5.41, 5.74) is 1.78. The largest absolute Gasteiger partial charge is 0.376 e. The first-order valence-corrected chi connectivity index (χ1v) is 10.8. The van der Waals surface area contributed by atoms with E-state index in [1.54, 1.807) is 11.8 Å². The molecule has 8 heteroatoms. The van der Waals surface area contributed by atoms with E-state index in [0.717, 1.165) is 30.7 Å². The van der Waals surface area contributed by atoms with Crippen LogP contribution in [0.2, 0.25) is 0 Å². The van der Waals surface area contributed by atoms with E-state index in [2.05, 4.69) is 16.0 Å². The number of nitrogens with zero attached hydrogens (tertiary/aromatic N) is 1. The summed E-state index contributed by atoms with van der Waals surface area (Å²) in [5, 5.41) is 9.46. The second-order valence-electron chi connectivity index (χ2n) is 8.60. The number of nitrogens with one attached hydrogen (secondary N) is 3. The zero-order valence-electron chi connectivity index (χ0n) is 17.6. The van der Waals surface area contributed by atoms with Crippen molar-refractivity contribution in [2.24, 2.45) is 0 Å². The van der Waals surface area contributed by atoms with Crippen molar-refractivity contribution in [3.8, 4) is 0 Å². The van der Waals surface area contributed by atoms with Gasteiger partial charge in [0.25, 0.3) is 5.91 Å². The normalized spacial score (nSPS) is 27.1. The molecule has 1 spiro atoms. The Hall–Kier alpha value is -2.61. The van der Waals surface area contributed by atoms with Crippen LogP contribution in [0.15, 0.2) is 18.2 Å². The number of fused-ring (bicyclic) bond motifs is 1. The molecule has 3 heterocycles. The van der Waals surface area contributed by atoms with E-state index in [-0.39, 0.29) is 30.2 Å². The monoisotopic (exact) mass is 414 g/mol. The van der Waals surface area contributed by atoms with Gasteiger partial charge >= 0.3 is 0 Å². The molecule has 0 saturated carbocycles. The second-order valence-corrected chi connectivity index (χ2v) is 8.60. The van der Waals surface area contributed by atoms with Gasteiger partial charge in [0.15, 0.2) is 0 Å². The van der Waals surface area contributed by atoms with Crippen LogP contribution in [0.1, 0.15) is 54.9 Å². The molecule has 162 valence electrons. The number of benzene rings is 1. The Balaban J connectivity index is 1.42. The molecule has 3 N–H and O–H groups in total. The summed E-state index contributed by atoms with van der Waals surface area (Å²) in [7, 11) is 0. The van der Waals surface area contributed by atoms with Crippen LogP contribution in [0.3, 0.4) is 0 Å². The Morgan fingerprint density at radius 1 is 1.33 bits per heavy atom. The van der Waals surface area contributed by atoms with Crippen LogP contribution in [0, 0.1) is 6.92 Å². The lowest BCUT2D eigenvalue weighted by atomic mass is 9.94. The topological polar surface area (TPSA) is 99.8 Å². The highest BCUT2D eigenvalue weighted by molar-refractivity contribution is 6.02. The molecule has 30 heavy (non-hydrogen) atoms. The third-order valence-electron chi connectivity index (χ3n) is 6.39. The average Bonchev–Trinajstić information content (AvgIpc) is 3.18. The van der Waals surface area contributed by atoms with Crippen LogP contribution >= 0.6 is 0 Å². The molecule has 2 fully saturated rings. The minimum Gasteiger partial charge on any atom is -0.376 e. The molecule has 3 amide bonds. The summed E-state index contributed by atoms with van der Waals surface area (Å²) in [4.78, 5) is 39.7. The highest BCUT2D eigenvalue weighted by Gasteiger charge is 2.41. The number of rotatable bonds is 4. The fourth-order valence-corrected chi connectivity index (χ4v) is 4.53. The van der Waals surface area contributed by atoms with Crippen molar-refractivity contribution in [3.63, 3.8) is 0 Å². The van der Waals surface area contributed by atoms with Gasteiger partial charge in [-0.15, -0.1) is 0 Å². The zero-order valence-corrected chi connectivity index (χ0v) is 17.6. The molecule has 1 aromatic carbocycles. The maximum absolute atomic E-state index is 12.8. The molecule has 2 saturated heterocycles. The van der Waals surface area contributed by atoms with Crippen molar-refractivity contribution in [3.05, 3.63) is 29.3 Å². The number of carbonyl (C=O) groups excluding carboxylic acids is 3. The molecule has 0 aliphatic carbocycles. The maximum Gasteiger partial charge on any atom is 0.255 e. The van der Waals surface area contributed by atoms with Gasteiger partial charge in [-0.2, -0.15) is 0 Å². The van der Waals surface area contributed by atoms with Gasteiger partial charge in [0.1, 0.15) is 11.7 Å². The molecule has 3 aliphatic heterocycles. The Morgan fingerprint density at radius 2 is 2.17 bits per heavy atom. The SMILES string of the molecule is Cc1ccc2c(c1)N[C@@]1(CCC(=O)N([C@H](C)C(=O)NC[C@@H]3CCCO3)CC1)NC2=O. The first kappa shape index (κ1) is 20.7. The zero-order chi connectivity index (χ0) is 21.3. The van der Waals surface area contributed by atoms with Gasteiger partial charge in [-0.25, -0.2) is 0 Å². The van der Waals surface area contributed by atoms with Gasteiger partial charge in [-0.05, 0) is 50.8 Å². The smallest absolute Gasteiger partial charge is 0.255 e. The molecule has 4 rings (SSSR count). The summed E-state index contributed by atoms with van der Waals surface area (Å²) >= 11 is 0. The number of hydrogen-bond acceptors (Lipinski definition) is 5. The first-order chi connectivity index (χ1) is 14.4. The van der Waals surface area contributed by atoms with E-state index < -0.39 is 11.7 Å². The predicted molar refractivity (Wildman–Crippen MR) is 112 cm³/mol. The van der Waals surface area contributed by atoms with Crippen LogP contribution in [0.5, 0.6) is 0 Å². The van der Waals surface area contributed by atoms with E-state index in [4.69, 9.17) is 4.74 Å².